The van der Waals surface area contributed by atoms with Crippen LogP contribution in [0.25, 0.3) is 11.0 Å². The van der Waals surface area contributed by atoms with Gasteiger partial charge in [-0.15, -0.1) is 0 Å². The maximum Gasteiger partial charge on any atom is 0.235 e. The van der Waals surface area contributed by atoms with Crippen molar-refractivity contribution in [1.82, 2.24) is 0 Å². The van der Waals surface area contributed by atoms with Crippen molar-refractivity contribution in [1.29, 1.82) is 0 Å². The van der Waals surface area contributed by atoms with E-state index >= 15 is 0 Å². The number of fused-ring (bicyclic) bond motifs is 1. The minimum atomic E-state index is -0.462. The van der Waals surface area contributed by atoms with Gasteiger partial charge in [-0.2, -0.15) is 0 Å². The molecule has 1 heterocycles. The van der Waals surface area contributed by atoms with E-state index in [2.05, 4.69) is 0 Å². The summed E-state index contributed by atoms with van der Waals surface area (Å²) >= 11 is 5.82. The number of para-hydroxylation sites is 1. The van der Waals surface area contributed by atoms with Gasteiger partial charge in [0, 0.05) is 5.39 Å². The van der Waals surface area contributed by atoms with E-state index in [0.29, 0.717) is 5.58 Å². The molecule has 0 bridgehead atoms. The standard InChI is InChI=1S/C16H10ClFO3/c17-12-8-11(18)5-6-15(12)20-9-13(19)16-7-10-3-1-2-4-14(10)21-16/h1-8H,9H2. The van der Waals surface area contributed by atoms with Crippen LogP contribution >= 0.6 is 11.6 Å². The zero-order valence-corrected chi connectivity index (χ0v) is 11.6. The van der Waals surface area contributed by atoms with E-state index in [0.717, 1.165) is 11.5 Å². The maximum atomic E-state index is 12.9. The Labute approximate surface area is 124 Å². The van der Waals surface area contributed by atoms with E-state index in [-0.39, 0.29) is 28.9 Å². The van der Waals surface area contributed by atoms with Crippen molar-refractivity contribution >= 4 is 28.4 Å². The first-order valence-electron chi connectivity index (χ1n) is 6.23. The van der Waals surface area contributed by atoms with Gasteiger partial charge >= 0.3 is 0 Å². The quantitative estimate of drug-likeness (QED) is 0.667. The van der Waals surface area contributed by atoms with Crippen LogP contribution in [0.3, 0.4) is 0 Å². The van der Waals surface area contributed by atoms with Crippen LogP contribution in [-0.2, 0) is 0 Å². The molecular weight excluding hydrogens is 295 g/mol. The largest absolute Gasteiger partial charge is 0.484 e. The second kappa shape index (κ2) is 5.58. The summed E-state index contributed by atoms with van der Waals surface area (Å²) in [4.78, 5) is 12.0. The third kappa shape index (κ3) is 2.90. The molecule has 0 radical (unpaired) electrons. The molecule has 0 N–H and O–H groups in total. The second-order valence-corrected chi connectivity index (χ2v) is 4.84. The Bertz CT molecular complexity index is 777. The van der Waals surface area contributed by atoms with Crippen molar-refractivity contribution < 1.29 is 18.3 Å². The first-order valence-corrected chi connectivity index (χ1v) is 6.61. The van der Waals surface area contributed by atoms with Crippen molar-refractivity contribution in [3.05, 3.63) is 65.1 Å². The monoisotopic (exact) mass is 304 g/mol. The molecule has 0 aliphatic heterocycles. The van der Waals surface area contributed by atoms with Crippen molar-refractivity contribution in [2.45, 2.75) is 0 Å². The Kier molecular flexibility index (Phi) is 3.62. The summed E-state index contributed by atoms with van der Waals surface area (Å²) in [6.45, 7) is -0.231. The minimum absolute atomic E-state index is 0.118. The summed E-state index contributed by atoms with van der Waals surface area (Å²) in [5.41, 5.74) is 0.640. The summed E-state index contributed by atoms with van der Waals surface area (Å²) < 4.78 is 23.6. The van der Waals surface area contributed by atoms with Crippen LogP contribution in [-0.4, -0.2) is 12.4 Å². The highest BCUT2D eigenvalue weighted by Crippen LogP contribution is 2.25. The summed E-state index contributed by atoms with van der Waals surface area (Å²) in [5.74, 6) is -0.306. The van der Waals surface area contributed by atoms with E-state index in [9.17, 15) is 9.18 Å². The molecule has 0 amide bonds. The highest BCUT2D eigenvalue weighted by atomic mass is 35.5. The number of carbonyl (C=O) groups excluding carboxylic acids is 1. The summed E-state index contributed by atoms with van der Waals surface area (Å²) in [7, 11) is 0. The first-order chi connectivity index (χ1) is 10.1. The van der Waals surface area contributed by atoms with Crippen LogP contribution in [0.1, 0.15) is 10.6 Å². The molecule has 5 heteroatoms. The molecule has 21 heavy (non-hydrogen) atoms. The van der Waals surface area contributed by atoms with Gasteiger partial charge in [0.15, 0.2) is 12.4 Å². The van der Waals surface area contributed by atoms with Gasteiger partial charge in [0.2, 0.25) is 5.78 Å². The number of hydrogen-bond donors (Lipinski definition) is 0. The van der Waals surface area contributed by atoms with Crippen LogP contribution in [0.5, 0.6) is 5.75 Å². The molecule has 0 fully saturated rings. The summed E-state index contributed by atoms with van der Waals surface area (Å²) in [6, 6.07) is 12.7. The molecule has 106 valence electrons. The van der Waals surface area contributed by atoms with Crippen molar-refractivity contribution in [2.24, 2.45) is 0 Å². The average molecular weight is 305 g/mol. The highest BCUT2D eigenvalue weighted by molar-refractivity contribution is 6.32. The molecule has 3 rings (SSSR count). The number of hydrogen-bond acceptors (Lipinski definition) is 3. The number of benzene rings is 2. The van der Waals surface area contributed by atoms with Crippen LogP contribution in [0, 0.1) is 5.82 Å². The Hall–Kier alpha value is -2.33. The number of carbonyl (C=O) groups is 1. The third-order valence-corrected chi connectivity index (χ3v) is 3.25. The van der Waals surface area contributed by atoms with E-state index < -0.39 is 5.82 Å². The Balaban J connectivity index is 1.74. The van der Waals surface area contributed by atoms with E-state index in [1.54, 1.807) is 12.1 Å². The molecule has 1 aromatic heterocycles. The lowest BCUT2D eigenvalue weighted by molar-refractivity contribution is 0.0896. The van der Waals surface area contributed by atoms with Gasteiger partial charge in [-0.1, -0.05) is 29.8 Å². The van der Waals surface area contributed by atoms with Gasteiger partial charge in [0.25, 0.3) is 0 Å². The maximum absolute atomic E-state index is 12.9. The van der Waals surface area contributed by atoms with Gasteiger partial charge in [-0.05, 0) is 30.3 Å². The third-order valence-electron chi connectivity index (χ3n) is 2.95. The fourth-order valence-corrected chi connectivity index (χ4v) is 2.15. The van der Waals surface area contributed by atoms with Crippen molar-refractivity contribution in [3.63, 3.8) is 0 Å². The molecule has 0 atom stereocenters. The predicted octanol–water partition coefficient (Wildman–Crippen LogP) is 4.49. The number of rotatable bonds is 4. The molecule has 3 aromatic rings. The molecular formula is C16H10ClFO3. The fourth-order valence-electron chi connectivity index (χ4n) is 1.93. The van der Waals surface area contributed by atoms with Crippen LogP contribution in [0.15, 0.2) is 52.9 Å². The zero-order valence-electron chi connectivity index (χ0n) is 10.8. The van der Waals surface area contributed by atoms with Gasteiger partial charge in [-0.25, -0.2) is 4.39 Å². The number of halogens is 2. The highest BCUT2D eigenvalue weighted by Gasteiger charge is 2.14. The Morgan fingerprint density at radius 3 is 2.76 bits per heavy atom. The lowest BCUT2D eigenvalue weighted by Crippen LogP contribution is -2.10. The van der Waals surface area contributed by atoms with Gasteiger partial charge in [0.1, 0.15) is 17.1 Å². The lowest BCUT2D eigenvalue weighted by atomic mass is 10.2. The molecule has 0 saturated carbocycles. The van der Waals surface area contributed by atoms with Gasteiger partial charge in [-0.3, -0.25) is 4.79 Å². The van der Waals surface area contributed by atoms with Gasteiger partial charge in [0.05, 0.1) is 5.02 Å². The summed E-state index contributed by atoms with van der Waals surface area (Å²) in [6.07, 6.45) is 0. The molecule has 0 saturated heterocycles. The van der Waals surface area contributed by atoms with E-state index in [4.69, 9.17) is 20.8 Å². The molecule has 0 aliphatic carbocycles. The lowest BCUT2D eigenvalue weighted by Gasteiger charge is -2.06. The Morgan fingerprint density at radius 1 is 1.19 bits per heavy atom. The number of furan rings is 1. The minimum Gasteiger partial charge on any atom is -0.484 e. The Morgan fingerprint density at radius 2 is 2.00 bits per heavy atom. The average Bonchev–Trinajstić information content (AvgIpc) is 2.90. The van der Waals surface area contributed by atoms with Crippen LogP contribution in [0.4, 0.5) is 4.39 Å². The predicted molar refractivity (Wildman–Crippen MR) is 77.4 cm³/mol. The second-order valence-electron chi connectivity index (χ2n) is 4.44. The normalized spacial score (nSPS) is 10.8. The number of ether oxygens (including phenoxy) is 1. The van der Waals surface area contributed by atoms with E-state index in [1.165, 1.54) is 12.1 Å². The molecule has 3 nitrogen and oxygen atoms in total. The zero-order chi connectivity index (χ0) is 14.8. The van der Waals surface area contributed by atoms with Crippen molar-refractivity contribution in [2.75, 3.05) is 6.61 Å². The SMILES string of the molecule is O=C(COc1ccc(F)cc1Cl)c1cc2ccccc2o1. The summed E-state index contributed by atoms with van der Waals surface area (Å²) in [5, 5.41) is 0.966. The first kappa shape index (κ1) is 13.6. The molecule has 0 unspecified atom stereocenters. The molecule has 2 aromatic carbocycles. The van der Waals surface area contributed by atoms with Crippen molar-refractivity contribution in [3.8, 4) is 5.75 Å². The topological polar surface area (TPSA) is 39.4 Å². The molecule has 0 aliphatic rings. The number of ketones is 1. The smallest absolute Gasteiger partial charge is 0.235 e. The van der Waals surface area contributed by atoms with E-state index in [1.807, 2.05) is 18.2 Å². The molecule has 0 spiro atoms. The number of Topliss-reactive ketones (excluding diaryl/α,β-unsaturated/α-hetero) is 1. The van der Waals surface area contributed by atoms with Crippen LogP contribution in [0.2, 0.25) is 5.02 Å². The fraction of sp³-hybridized carbons (Fsp3) is 0.0625. The van der Waals surface area contributed by atoms with Crippen LogP contribution < -0.4 is 4.74 Å². The van der Waals surface area contributed by atoms with Gasteiger partial charge < -0.3 is 9.15 Å².